The van der Waals surface area contributed by atoms with Gasteiger partial charge in [-0.1, -0.05) is 225 Å². The third kappa shape index (κ3) is 38.7. The summed E-state index contributed by atoms with van der Waals surface area (Å²) in [5.74, 6) is 0.0434. The van der Waals surface area contributed by atoms with Crippen molar-refractivity contribution in [1.82, 2.24) is 47.9 Å². The quantitative estimate of drug-likeness (QED) is 0.0452. The third-order valence-corrected chi connectivity index (χ3v) is 29.1. The number of nitrogens with zero attached hydrogens (tertiary/aromatic N) is 12. The van der Waals surface area contributed by atoms with E-state index in [4.69, 9.17) is 53.5 Å². The minimum Gasteiger partial charge on any atom is -0.461 e. The Bertz CT molecular complexity index is 2740. The SMILES string of the molecule is CC(=O)N1CC(C)OC(COP(=O)(N(C)C)N2CC(C)OC(COCCCCCCCCCCCCCCCCCCCCCCCCCCCCCCCCCCCCCCCOP(=O)(N(C)C)N3CC(C)OC(COP(=O)(N(C)C)N4CCN(c5nc(OCCOCCN)nc(N(C)CC(N)=O)n5)CC4)C3)C2)C1. The van der Waals surface area contributed by atoms with E-state index in [1.54, 1.807) is 75.2 Å². The first kappa shape index (κ1) is 98.0. The maximum absolute atomic E-state index is 14.7. The van der Waals surface area contributed by atoms with Crippen LogP contribution < -0.4 is 26.0 Å². The van der Waals surface area contributed by atoms with Crippen LogP contribution in [0.4, 0.5) is 11.9 Å². The second kappa shape index (κ2) is 56.7. The minimum atomic E-state index is -3.53. The van der Waals surface area contributed by atoms with Crippen LogP contribution >= 0.6 is 23.0 Å². The maximum Gasteiger partial charge on any atom is 0.345 e. The molecule has 28 nitrogen and oxygen atoms in total. The molecule has 1 aromatic heterocycles. The van der Waals surface area contributed by atoms with Crippen molar-refractivity contribution in [3.05, 3.63) is 0 Å². The number of anilines is 2. The second-order valence-electron chi connectivity index (χ2n) is 32.2. The van der Waals surface area contributed by atoms with E-state index in [0.29, 0.717) is 104 Å². The van der Waals surface area contributed by atoms with Gasteiger partial charge in [0.05, 0.1) is 82.8 Å². The van der Waals surface area contributed by atoms with E-state index in [2.05, 4.69) is 15.0 Å². The van der Waals surface area contributed by atoms with Crippen molar-refractivity contribution >= 4 is 46.7 Å². The summed E-state index contributed by atoms with van der Waals surface area (Å²) in [5, 5.41) is 0. The van der Waals surface area contributed by atoms with Crippen LogP contribution in [0.3, 0.4) is 0 Å². The molecule has 642 valence electrons. The molecule has 4 fully saturated rings. The van der Waals surface area contributed by atoms with Gasteiger partial charge >= 0.3 is 29.0 Å². The highest BCUT2D eigenvalue weighted by Gasteiger charge is 2.45. The van der Waals surface area contributed by atoms with E-state index in [-0.39, 0.29) is 74.8 Å². The number of carbonyl (C=O) groups excluding carboxylic acids is 2. The van der Waals surface area contributed by atoms with Crippen LogP contribution in [-0.4, -0.2) is 277 Å². The van der Waals surface area contributed by atoms with Gasteiger partial charge in [0.1, 0.15) is 6.61 Å². The molecule has 9 atom stereocenters. The Balaban J connectivity index is 0.748. The standard InChI is InChI=1S/C79H157N14O14P3/c1-69-59-90(72(4)94)62-73(105-69)67-104-110(98,87(9)10)93-61-70(2)106-74(63-93)66-100-54-47-45-43-41-39-37-35-33-31-29-27-25-23-21-19-17-15-13-12-14-16-18-20-22-24-26-28-30-32-34-36-38-40-42-44-46-48-55-102-109(97,86(7)8)92-60-71(3)107-75(64-92)68-103-108(96,85(5)6)91-52-50-89(51-53-91)78-82-77(88(11)65-76(81)95)83-79(84-78)101-58-57-99-56-49-80/h69-71,73-75H,12-68,80H2,1-11H3,(H2,81,95). The average Bonchev–Trinajstić information content (AvgIpc) is 0.807. The van der Waals surface area contributed by atoms with Gasteiger partial charge < -0.3 is 68.2 Å². The summed E-state index contributed by atoms with van der Waals surface area (Å²) in [7, 11) is 2.11. The number of hydrogen-bond donors (Lipinski definition) is 2. The molecular weight excluding hydrogens is 1460 g/mol. The lowest BCUT2D eigenvalue weighted by Crippen LogP contribution is -2.51. The van der Waals surface area contributed by atoms with Gasteiger partial charge in [0.25, 0.3) is 0 Å². The van der Waals surface area contributed by atoms with Crippen molar-refractivity contribution in [2.75, 3.05) is 191 Å². The van der Waals surface area contributed by atoms with Crippen molar-refractivity contribution < 1.29 is 65.3 Å². The number of unbranched alkanes of at least 4 members (excludes halogenated alkanes) is 36. The van der Waals surface area contributed by atoms with Crippen molar-refractivity contribution in [1.29, 1.82) is 0 Å². The lowest BCUT2D eigenvalue weighted by molar-refractivity contribution is -0.144. The molecule has 0 spiro atoms. The first-order chi connectivity index (χ1) is 53.0. The molecule has 0 radical (unpaired) electrons. The van der Waals surface area contributed by atoms with Gasteiger partial charge in [-0.2, -0.15) is 15.0 Å². The number of amides is 2. The summed E-state index contributed by atoms with van der Waals surface area (Å²) >= 11 is 0. The molecule has 4 N–H and O–H groups in total. The fourth-order valence-electron chi connectivity index (χ4n) is 15.2. The van der Waals surface area contributed by atoms with E-state index in [1.807, 2.05) is 39.7 Å². The number of nitrogens with two attached hydrogens (primary N) is 2. The Hall–Kier alpha value is -2.56. The Kier molecular flexibility index (Phi) is 50.5. The van der Waals surface area contributed by atoms with Gasteiger partial charge in [-0.05, 0) is 75.9 Å². The number of piperazine rings is 1. The number of ether oxygens (including phenoxy) is 6. The number of likely N-dealkylation sites (N-methyl/N-ethyl adjacent to an activating group) is 1. The number of carbonyl (C=O) groups is 2. The lowest BCUT2D eigenvalue weighted by atomic mass is 10.0. The zero-order valence-electron chi connectivity index (χ0n) is 70.8. The van der Waals surface area contributed by atoms with Crippen LogP contribution in [-0.2, 0) is 60.5 Å². The van der Waals surface area contributed by atoms with Gasteiger partial charge in [0.2, 0.25) is 23.7 Å². The highest BCUT2D eigenvalue weighted by Crippen LogP contribution is 2.56. The summed E-state index contributed by atoms with van der Waals surface area (Å²) in [6.45, 7) is 14.8. The normalized spacial score (nSPS) is 21.6. The fourth-order valence-corrected chi connectivity index (χ4v) is 21.3. The van der Waals surface area contributed by atoms with E-state index in [1.165, 1.54) is 217 Å². The molecule has 0 bridgehead atoms. The monoisotopic (exact) mass is 1620 g/mol. The first-order valence-electron chi connectivity index (χ1n) is 43.2. The molecule has 9 unspecified atom stereocenters. The van der Waals surface area contributed by atoms with Crippen LogP contribution in [0.25, 0.3) is 0 Å². The summed E-state index contributed by atoms with van der Waals surface area (Å²) in [6.07, 6.45) is 48.0. The number of morpholine rings is 3. The van der Waals surface area contributed by atoms with Crippen molar-refractivity contribution in [2.24, 2.45) is 11.5 Å². The Morgan fingerprint density at radius 3 is 1.17 bits per heavy atom. The molecule has 2 amide bonds. The van der Waals surface area contributed by atoms with Crippen LogP contribution in [0.1, 0.15) is 265 Å². The van der Waals surface area contributed by atoms with E-state index >= 15 is 0 Å². The van der Waals surface area contributed by atoms with E-state index < -0.39 is 35.0 Å². The van der Waals surface area contributed by atoms with Gasteiger partial charge in [-0.15, -0.1) is 0 Å². The molecule has 0 saturated carbocycles. The highest BCUT2D eigenvalue weighted by molar-refractivity contribution is 7.54. The molecule has 31 heteroatoms. The molecule has 4 aliphatic rings. The molecule has 1 aromatic rings. The Morgan fingerprint density at radius 1 is 0.418 bits per heavy atom. The summed E-state index contributed by atoms with van der Waals surface area (Å²) in [5.41, 5.74) is 11.0. The Labute approximate surface area is 666 Å². The average molecular weight is 1620 g/mol. The van der Waals surface area contributed by atoms with Crippen LogP contribution in [0.2, 0.25) is 0 Å². The largest absolute Gasteiger partial charge is 0.461 e. The van der Waals surface area contributed by atoms with Crippen molar-refractivity contribution in [3.63, 3.8) is 0 Å². The molecule has 0 aromatic carbocycles. The molecule has 0 aliphatic carbocycles. The van der Waals surface area contributed by atoms with Gasteiger partial charge in [0, 0.05) is 92.6 Å². The van der Waals surface area contributed by atoms with Crippen LogP contribution in [0.5, 0.6) is 6.01 Å². The number of hydrogen-bond acceptors (Lipinski definition) is 20. The first-order valence-corrected chi connectivity index (χ1v) is 47.8. The Morgan fingerprint density at radius 2 is 0.782 bits per heavy atom. The van der Waals surface area contributed by atoms with E-state index in [0.717, 1.165) is 32.3 Å². The molecule has 110 heavy (non-hydrogen) atoms. The predicted octanol–water partition coefficient (Wildman–Crippen LogP) is 14.6. The molecule has 4 saturated heterocycles. The summed E-state index contributed by atoms with van der Waals surface area (Å²) in [4.78, 5) is 42.6. The van der Waals surface area contributed by atoms with Gasteiger partial charge in [0.15, 0.2) is 0 Å². The predicted molar refractivity (Wildman–Crippen MR) is 443 cm³/mol. The molecular formula is C79H157N14O14P3. The second-order valence-corrected chi connectivity index (χ2v) is 40.0. The molecule has 5 heterocycles. The van der Waals surface area contributed by atoms with E-state index in [9.17, 15) is 23.3 Å². The van der Waals surface area contributed by atoms with Gasteiger partial charge in [-0.3, -0.25) is 23.3 Å². The summed E-state index contributed by atoms with van der Waals surface area (Å²) < 4.78 is 109. The maximum atomic E-state index is 14.7. The number of primary amides is 1. The number of rotatable bonds is 65. The zero-order valence-corrected chi connectivity index (χ0v) is 73.5. The summed E-state index contributed by atoms with van der Waals surface area (Å²) in [6, 6.07) is 0.0743. The fraction of sp³-hybridized carbons (Fsp3) is 0.937. The zero-order chi connectivity index (χ0) is 79.8. The third-order valence-electron chi connectivity index (χ3n) is 21.4. The van der Waals surface area contributed by atoms with Crippen LogP contribution in [0.15, 0.2) is 0 Å². The molecule has 4 aliphatic heterocycles. The van der Waals surface area contributed by atoms with Crippen molar-refractivity contribution in [2.45, 2.75) is 302 Å². The van der Waals surface area contributed by atoms with Crippen molar-refractivity contribution in [3.8, 4) is 6.01 Å². The topological polar surface area (TPSA) is 288 Å². The van der Waals surface area contributed by atoms with Crippen LogP contribution in [0, 0.1) is 0 Å². The number of aromatic nitrogens is 3. The highest BCUT2D eigenvalue weighted by atomic mass is 31.2. The van der Waals surface area contributed by atoms with Gasteiger partial charge in [-0.25, -0.2) is 28.0 Å². The molecule has 5 rings (SSSR count). The smallest absolute Gasteiger partial charge is 0.345 e. The lowest BCUT2D eigenvalue weighted by Gasteiger charge is -2.43. The minimum absolute atomic E-state index is 0.0130.